The number of aromatic nitrogens is 3. The summed E-state index contributed by atoms with van der Waals surface area (Å²) in [6.07, 6.45) is 3.43. The molecule has 5 nitrogen and oxygen atoms in total. The minimum absolute atomic E-state index is 0.562. The lowest BCUT2D eigenvalue weighted by atomic mass is 10.1. The van der Waals surface area contributed by atoms with Gasteiger partial charge in [0.1, 0.15) is 11.6 Å². The summed E-state index contributed by atoms with van der Waals surface area (Å²) in [5, 5.41) is 8.53. The second-order valence-electron chi connectivity index (χ2n) is 5.59. The van der Waals surface area contributed by atoms with Gasteiger partial charge in [0, 0.05) is 18.5 Å². The molecule has 1 saturated heterocycles. The van der Waals surface area contributed by atoms with E-state index in [1.54, 1.807) is 0 Å². The Kier molecular flexibility index (Phi) is 3.14. The maximum absolute atomic E-state index is 6.04. The van der Waals surface area contributed by atoms with E-state index < -0.39 is 0 Å². The Morgan fingerprint density at radius 1 is 1.37 bits per heavy atom. The lowest BCUT2D eigenvalue weighted by molar-refractivity contribution is 0.201. The predicted octanol–water partition coefficient (Wildman–Crippen LogP) is 1.73. The number of hydrogen-bond acceptors (Lipinski definition) is 4. The monoisotopic (exact) mass is 259 g/mol. The first-order valence-electron chi connectivity index (χ1n) is 7.01. The first-order chi connectivity index (χ1) is 9.16. The molecule has 0 spiro atoms. The second kappa shape index (κ2) is 4.81. The van der Waals surface area contributed by atoms with Gasteiger partial charge in [0.15, 0.2) is 5.65 Å². The summed E-state index contributed by atoms with van der Waals surface area (Å²) in [4.78, 5) is 2.56. The van der Waals surface area contributed by atoms with Gasteiger partial charge in [-0.25, -0.2) is 0 Å². The van der Waals surface area contributed by atoms with E-state index >= 15 is 0 Å². The highest BCUT2D eigenvalue weighted by atomic mass is 15.3. The zero-order valence-electron chi connectivity index (χ0n) is 11.6. The van der Waals surface area contributed by atoms with Gasteiger partial charge in [0.25, 0.3) is 0 Å². The topological polar surface area (TPSA) is 59.5 Å². The van der Waals surface area contributed by atoms with Crippen LogP contribution in [0.4, 0.5) is 5.82 Å². The summed E-state index contributed by atoms with van der Waals surface area (Å²) in [7, 11) is 0. The van der Waals surface area contributed by atoms with Crippen molar-refractivity contribution in [2.24, 2.45) is 0 Å². The summed E-state index contributed by atoms with van der Waals surface area (Å²) in [6.45, 7) is 5.71. The number of nitrogens with zero attached hydrogens (tertiary/aromatic N) is 4. The van der Waals surface area contributed by atoms with Crippen LogP contribution in [0.25, 0.3) is 5.65 Å². The van der Waals surface area contributed by atoms with Crippen LogP contribution in [-0.2, 0) is 6.42 Å². The van der Waals surface area contributed by atoms with E-state index in [1.807, 2.05) is 22.6 Å². The number of nitrogens with two attached hydrogens (primary N) is 1. The van der Waals surface area contributed by atoms with Gasteiger partial charge in [0.05, 0.1) is 0 Å². The van der Waals surface area contributed by atoms with Crippen LogP contribution >= 0.6 is 0 Å². The molecule has 0 amide bonds. The molecule has 1 unspecified atom stereocenters. The fourth-order valence-electron chi connectivity index (χ4n) is 3.13. The Hall–Kier alpha value is -1.62. The number of nitrogen functional groups attached to an aromatic ring is 1. The van der Waals surface area contributed by atoms with Crippen LogP contribution in [0.5, 0.6) is 0 Å². The molecule has 0 aromatic carbocycles. The highest BCUT2D eigenvalue weighted by Gasteiger charge is 2.28. The molecule has 1 aliphatic rings. The summed E-state index contributed by atoms with van der Waals surface area (Å²) in [5.41, 5.74) is 6.88. The summed E-state index contributed by atoms with van der Waals surface area (Å²) in [6, 6.07) is 6.91. The molecule has 0 radical (unpaired) electrons. The molecule has 19 heavy (non-hydrogen) atoms. The minimum Gasteiger partial charge on any atom is -0.385 e. The zero-order valence-corrected chi connectivity index (χ0v) is 11.6. The molecule has 0 bridgehead atoms. The van der Waals surface area contributed by atoms with Crippen molar-refractivity contribution in [3.63, 3.8) is 0 Å². The Balaban J connectivity index is 1.89. The summed E-state index contributed by atoms with van der Waals surface area (Å²) >= 11 is 0. The van der Waals surface area contributed by atoms with Crippen molar-refractivity contribution in [3.05, 3.63) is 24.0 Å². The van der Waals surface area contributed by atoms with Crippen molar-refractivity contribution in [1.29, 1.82) is 0 Å². The minimum atomic E-state index is 0.562. The van der Waals surface area contributed by atoms with Crippen LogP contribution < -0.4 is 5.73 Å². The third kappa shape index (κ3) is 2.18. The second-order valence-corrected chi connectivity index (χ2v) is 5.59. The van der Waals surface area contributed by atoms with E-state index in [-0.39, 0.29) is 0 Å². The average Bonchev–Trinajstić information content (AvgIpc) is 2.98. The molecule has 5 heteroatoms. The van der Waals surface area contributed by atoms with Gasteiger partial charge in [-0.1, -0.05) is 6.07 Å². The molecular formula is C14H21N5. The van der Waals surface area contributed by atoms with E-state index in [4.69, 9.17) is 5.73 Å². The predicted molar refractivity (Wildman–Crippen MR) is 76.0 cm³/mol. The van der Waals surface area contributed by atoms with Crippen molar-refractivity contribution in [2.75, 3.05) is 12.3 Å². The molecular weight excluding hydrogens is 238 g/mol. The lowest BCUT2D eigenvalue weighted by Crippen LogP contribution is -2.37. The van der Waals surface area contributed by atoms with Crippen molar-refractivity contribution in [3.8, 4) is 0 Å². The molecule has 102 valence electrons. The largest absolute Gasteiger partial charge is 0.385 e. The third-order valence-corrected chi connectivity index (χ3v) is 4.03. The third-order valence-electron chi connectivity index (χ3n) is 4.03. The number of anilines is 1. The molecule has 3 heterocycles. The van der Waals surface area contributed by atoms with E-state index in [9.17, 15) is 0 Å². The zero-order chi connectivity index (χ0) is 13.4. The van der Waals surface area contributed by atoms with Crippen LogP contribution in [0.1, 0.15) is 32.5 Å². The molecule has 2 N–H and O–H groups in total. The van der Waals surface area contributed by atoms with Crippen molar-refractivity contribution < 1.29 is 0 Å². The first kappa shape index (κ1) is 12.4. The Bertz CT molecular complexity index is 574. The SMILES string of the molecule is CC(C)N1CCCC1Cc1nnc2cccc(N)n12. The highest BCUT2D eigenvalue weighted by Crippen LogP contribution is 2.23. The van der Waals surface area contributed by atoms with E-state index in [1.165, 1.54) is 19.4 Å². The summed E-state index contributed by atoms with van der Waals surface area (Å²) in [5.74, 6) is 1.69. The van der Waals surface area contributed by atoms with Gasteiger partial charge in [0.2, 0.25) is 0 Å². The van der Waals surface area contributed by atoms with E-state index in [2.05, 4.69) is 28.9 Å². The van der Waals surface area contributed by atoms with Crippen molar-refractivity contribution >= 4 is 11.5 Å². The summed E-state index contributed by atoms with van der Waals surface area (Å²) < 4.78 is 1.97. The lowest BCUT2D eigenvalue weighted by Gasteiger charge is -2.27. The molecule has 2 aromatic rings. The molecule has 0 saturated carbocycles. The van der Waals surface area contributed by atoms with Gasteiger partial charge < -0.3 is 5.73 Å². The first-order valence-corrected chi connectivity index (χ1v) is 7.01. The highest BCUT2D eigenvalue weighted by molar-refractivity contribution is 5.47. The van der Waals surface area contributed by atoms with Crippen LogP contribution in [0.15, 0.2) is 18.2 Å². The van der Waals surface area contributed by atoms with Gasteiger partial charge in [-0.15, -0.1) is 10.2 Å². The smallest absolute Gasteiger partial charge is 0.162 e. The molecule has 0 aliphatic carbocycles. The normalized spacial score (nSPS) is 20.7. The molecule has 1 atom stereocenters. The Morgan fingerprint density at radius 3 is 3.00 bits per heavy atom. The maximum Gasteiger partial charge on any atom is 0.162 e. The Morgan fingerprint density at radius 2 is 2.21 bits per heavy atom. The fraction of sp³-hybridized carbons (Fsp3) is 0.571. The Labute approximate surface area is 113 Å². The van der Waals surface area contributed by atoms with Crippen LogP contribution in [-0.4, -0.2) is 38.1 Å². The number of hydrogen-bond donors (Lipinski definition) is 1. The van der Waals surface area contributed by atoms with Gasteiger partial charge in [-0.05, 0) is 45.4 Å². The number of fused-ring (bicyclic) bond motifs is 1. The number of rotatable bonds is 3. The molecule has 2 aromatic heterocycles. The van der Waals surface area contributed by atoms with Gasteiger partial charge in [-0.2, -0.15) is 0 Å². The number of likely N-dealkylation sites (tertiary alicyclic amines) is 1. The molecule has 1 aliphatic heterocycles. The van der Waals surface area contributed by atoms with E-state index in [0.29, 0.717) is 17.9 Å². The standard InChI is InChI=1S/C14H21N5/c1-10(2)18-8-4-5-11(18)9-14-17-16-13-7-3-6-12(15)19(13)14/h3,6-7,10-11H,4-5,8-9,15H2,1-2H3. The van der Waals surface area contributed by atoms with Crippen molar-refractivity contribution in [1.82, 2.24) is 19.5 Å². The fourth-order valence-corrected chi connectivity index (χ4v) is 3.13. The van der Waals surface area contributed by atoms with Gasteiger partial charge in [-0.3, -0.25) is 9.30 Å². The van der Waals surface area contributed by atoms with Gasteiger partial charge >= 0.3 is 0 Å². The molecule has 1 fully saturated rings. The van der Waals surface area contributed by atoms with Crippen LogP contribution in [0.3, 0.4) is 0 Å². The van der Waals surface area contributed by atoms with Crippen LogP contribution in [0, 0.1) is 0 Å². The molecule has 3 rings (SSSR count). The van der Waals surface area contributed by atoms with Crippen LogP contribution in [0.2, 0.25) is 0 Å². The van der Waals surface area contributed by atoms with E-state index in [0.717, 1.165) is 17.9 Å². The van der Waals surface area contributed by atoms with Crippen molar-refractivity contribution in [2.45, 2.75) is 45.2 Å². The number of pyridine rings is 1. The maximum atomic E-state index is 6.04. The average molecular weight is 259 g/mol. The quantitative estimate of drug-likeness (QED) is 0.912.